The number of hydrazine groups is 1. The first-order valence-corrected chi connectivity index (χ1v) is 13.9. The molecule has 0 saturated heterocycles. The van der Waals surface area contributed by atoms with Crippen molar-refractivity contribution in [3.05, 3.63) is 113 Å². The van der Waals surface area contributed by atoms with Gasteiger partial charge < -0.3 is 14.6 Å². The summed E-state index contributed by atoms with van der Waals surface area (Å²) in [5, 5.41) is 8.98. The molecule has 8 heteroatoms. The molecule has 0 unspecified atom stereocenters. The molecule has 0 aromatic heterocycles. The maximum absolute atomic E-state index is 13.8. The number of ether oxygens (including phenoxy) is 2. The van der Waals surface area contributed by atoms with Gasteiger partial charge >= 0.3 is 0 Å². The number of hydrogen-bond acceptors (Lipinski definition) is 6. The molecule has 4 rings (SSSR count). The van der Waals surface area contributed by atoms with Crippen LogP contribution in [-0.4, -0.2) is 42.2 Å². The van der Waals surface area contributed by atoms with Crippen molar-refractivity contribution >= 4 is 27.7 Å². The molecule has 0 fully saturated rings. The van der Waals surface area contributed by atoms with E-state index in [1.165, 1.54) is 5.56 Å². The van der Waals surface area contributed by atoms with Crippen LogP contribution in [0.5, 0.6) is 5.75 Å². The zero-order valence-corrected chi connectivity index (χ0v) is 23.4. The third-order valence-corrected chi connectivity index (χ3v) is 7.21. The minimum Gasteiger partial charge on any atom is -0.494 e. The fourth-order valence-electron chi connectivity index (χ4n) is 4.48. The van der Waals surface area contributed by atoms with E-state index in [0.29, 0.717) is 31.2 Å². The van der Waals surface area contributed by atoms with E-state index in [-0.39, 0.29) is 18.9 Å². The predicted molar refractivity (Wildman–Crippen MR) is 157 cm³/mol. The normalized spacial score (nSPS) is 18.2. The van der Waals surface area contributed by atoms with Crippen molar-refractivity contribution in [2.45, 2.75) is 37.3 Å². The third-order valence-electron chi connectivity index (χ3n) is 6.49. The summed E-state index contributed by atoms with van der Waals surface area (Å²) in [5.41, 5.74) is 7.52. The highest BCUT2D eigenvalue weighted by Crippen LogP contribution is 2.44. The number of aliphatic hydroxyl groups is 1. The Labute approximate surface area is 238 Å². The Morgan fingerprint density at radius 2 is 1.82 bits per heavy atom. The molecule has 7 nitrogen and oxygen atoms in total. The Hall–Kier alpha value is -3.46. The Kier molecular flexibility index (Phi) is 10.3. The van der Waals surface area contributed by atoms with Gasteiger partial charge in [0.05, 0.1) is 6.61 Å². The van der Waals surface area contributed by atoms with Crippen molar-refractivity contribution in [3.8, 4) is 5.75 Å². The topological polar surface area (TPSA) is 92.2 Å². The minimum absolute atomic E-state index is 0.0779. The van der Waals surface area contributed by atoms with Crippen molar-refractivity contribution < 1.29 is 19.4 Å². The lowest BCUT2D eigenvalue weighted by Crippen LogP contribution is -2.52. The van der Waals surface area contributed by atoms with Crippen molar-refractivity contribution in [3.63, 3.8) is 0 Å². The first-order valence-electron chi connectivity index (χ1n) is 13.1. The van der Waals surface area contributed by atoms with Gasteiger partial charge in [0, 0.05) is 41.6 Å². The van der Waals surface area contributed by atoms with E-state index >= 15 is 0 Å². The summed E-state index contributed by atoms with van der Waals surface area (Å²) in [6.45, 7) is 5.04. The number of benzene rings is 3. The number of nitrogens with zero attached hydrogens (tertiary/aromatic N) is 1. The smallest absolute Gasteiger partial charge is 0.266 e. The van der Waals surface area contributed by atoms with Crippen LogP contribution in [0.4, 0.5) is 0 Å². The van der Waals surface area contributed by atoms with Gasteiger partial charge in [-0.05, 0) is 48.7 Å². The Bertz CT molecular complexity index is 1270. The van der Waals surface area contributed by atoms with E-state index in [9.17, 15) is 4.79 Å². The molecule has 2 atom stereocenters. The molecule has 0 bridgehead atoms. The van der Waals surface area contributed by atoms with Crippen molar-refractivity contribution in [1.29, 1.82) is 0 Å². The van der Waals surface area contributed by atoms with Crippen LogP contribution in [-0.2, 0) is 16.0 Å². The molecule has 1 aliphatic rings. The van der Waals surface area contributed by atoms with Crippen LogP contribution < -0.4 is 15.6 Å². The van der Waals surface area contributed by atoms with Gasteiger partial charge in [-0.1, -0.05) is 70.5 Å². The highest BCUT2D eigenvalue weighted by molar-refractivity contribution is 9.10. The first-order chi connectivity index (χ1) is 19.1. The van der Waals surface area contributed by atoms with Gasteiger partial charge in [0.1, 0.15) is 5.75 Å². The lowest BCUT2D eigenvalue weighted by molar-refractivity contribution is -0.129. The number of carbonyl (C=O) groups excluding carboxylic acids is 1. The lowest BCUT2D eigenvalue weighted by Gasteiger charge is -2.30. The molecule has 3 aromatic carbocycles. The monoisotopic (exact) mass is 591 g/mol. The zero-order valence-electron chi connectivity index (χ0n) is 21.8. The van der Waals surface area contributed by atoms with Gasteiger partial charge in [-0.2, -0.15) is 0 Å². The molecule has 0 radical (unpaired) electrons. The fourth-order valence-corrected chi connectivity index (χ4v) is 4.97. The number of nitrogens with one attached hydrogen (secondary N) is 2. The molecule has 1 heterocycles. The molecule has 0 spiro atoms. The number of aryl methyl sites for hydroxylation is 1. The molecule has 0 saturated carbocycles. The van der Waals surface area contributed by atoms with E-state index in [0.717, 1.165) is 28.4 Å². The van der Waals surface area contributed by atoms with Crippen molar-refractivity contribution in [2.75, 3.05) is 19.8 Å². The zero-order chi connectivity index (χ0) is 27.5. The summed E-state index contributed by atoms with van der Waals surface area (Å²) < 4.78 is 12.9. The molecule has 3 aromatic rings. The number of hydrogen-bond donors (Lipinski definition) is 3. The van der Waals surface area contributed by atoms with E-state index in [4.69, 9.17) is 19.6 Å². The van der Waals surface area contributed by atoms with Crippen molar-refractivity contribution in [1.82, 2.24) is 10.9 Å². The van der Waals surface area contributed by atoms with Crippen molar-refractivity contribution in [2.24, 2.45) is 4.99 Å². The number of amides is 1. The number of carbonyl (C=O) groups is 1. The maximum Gasteiger partial charge on any atom is 0.266 e. The van der Waals surface area contributed by atoms with E-state index in [1.807, 2.05) is 66.7 Å². The Balaban J connectivity index is 1.54. The molecular formula is C31H34BrN3O4. The summed E-state index contributed by atoms with van der Waals surface area (Å²) in [5.74, 6) is 0.767. The summed E-state index contributed by atoms with van der Waals surface area (Å²) >= 11 is 3.63. The molecular weight excluding hydrogens is 558 g/mol. The van der Waals surface area contributed by atoms with Gasteiger partial charge in [-0.3, -0.25) is 10.2 Å². The predicted octanol–water partition coefficient (Wildman–Crippen LogP) is 5.30. The Morgan fingerprint density at radius 3 is 2.54 bits per heavy atom. The molecule has 39 heavy (non-hydrogen) atoms. The summed E-state index contributed by atoms with van der Waals surface area (Å²) in [4.78, 5) is 18.7. The van der Waals surface area contributed by atoms with E-state index < -0.39 is 11.6 Å². The van der Waals surface area contributed by atoms with Crippen LogP contribution in [0, 0.1) is 0 Å². The van der Waals surface area contributed by atoms with Gasteiger partial charge in [0.15, 0.2) is 11.6 Å². The van der Waals surface area contributed by atoms with Crippen LogP contribution >= 0.6 is 15.9 Å². The maximum atomic E-state index is 13.8. The number of aliphatic imine (C=N–C) groups is 1. The molecule has 1 amide bonds. The number of halogens is 1. The highest BCUT2D eigenvalue weighted by atomic mass is 79.9. The fraction of sp³-hybridized carbons (Fsp3) is 0.290. The molecule has 1 aliphatic heterocycles. The molecule has 3 N–H and O–H groups in total. The Morgan fingerprint density at radius 1 is 1.08 bits per heavy atom. The van der Waals surface area contributed by atoms with E-state index in [1.54, 1.807) is 6.08 Å². The minimum atomic E-state index is -1.26. The molecule has 0 aliphatic carbocycles. The van der Waals surface area contributed by atoms with Crippen LogP contribution in [0.15, 0.2) is 101 Å². The summed E-state index contributed by atoms with van der Waals surface area (Å²) in [6, 6.07) is 25.3. The highest BCUT2D eigenvalue weighted by Gasteiger charge is 2.53. The van der Waals surface area contributed by atoms with Crippen LogP contribution in [0.1, 0.15) is 42.1 Å². The van der Waals surface area contributed by atoms with Gasteiger partial charge in [-0.25, -0.2) is 10.4 Å². The lowest BCUT2D eigenvalue weighted by atomic mass is 9.84. The van der Waals surface area contributed by atoms with Gasteiger partial charge in [-0.15, -0.1) is 6.58 Å². The van der Waals surface area contributed by atoms with Crippen LogP contribution in [0.2, 0.25) is 0 Å². The summed E-state index contributed by atoms with van der Waals surface area (Å²) in [6.07, 6.45) is 3.64. The number of aliphatic hydroxyl groups excluding tert-OH is 1. The van der Waals surface area contributed by atoms with E-state index in [2.05, 4.69) is 45.5 Å². The van der Waals surface area contributed by atoms with Crippen LogP contribution in [0.3, 0.4) is 0 Å². The van der Waals surface area contributed by atoms with Crippen LogP contribution in [0.25, 0.3) is 0 Å². The summed E-state index contributed by atoms with van der Waals surface area (Å²) in [7, 11) is 0. The van der Waals surface area contributed by atoms with Gasteiger partial charge in [0.25, 0.3) is 5.91 Å². The second-order valence-corrected chi connectivity index (χ2v) is 10.1. The van der Waals surface area contributed by atoms with Gasteiger partial charge in [0.2, 0.25) is 5.90 Å². The first kappa shape index (κ1) is 28.5. The standard InChI is InChI=1S/C31H34BrN3O4/c1-2-19-31(30(37)35-33-20-8-12-23-10-4-3-5-11-23)28(26-13-6-7-14-27(26)32)39-29(34-31)24-15-17-25(18-16-24)38-22-9-21-36/h2-7,10-11,13-18,28,33,36H,1,8-9,12,19-22H2,(H,35,37)/t28-,31-/m0/s1. The average Bonchev–Trinajstić information content (AvgIpc) is 3.34. The average molecular weight is 593 g/mol. The quantitative estimate of drug-likeness (QED) is 0.134. The number of rotatable bonds is 14. The second-order valence-electron chi connectivity index (χ2n) is 9.27. The third kappa shape index (κ3) is 7.15. The second kappa shape index (κ2) is 14.1. The SMILES string of the molecule is C=CC[C@]1(C(=O)NNCCCc2ccccc2)N=C(c2ccc(OCCCO)cc2)O[C@H]1c1ccccc1Br. The molecule has 204 valence electrons. The largest absolute Gasteiger partial charge is 0.494 e.